The van der Waals surface area contributed by atoms with Crippen LogP contribution < -0.4 is 5.32 Å². The van der Waals surface area contributed by atoms with Crippen LogP contribution >= 0.6 is 35.0 Å². The van der Waals surface area contributed by atoms with Crippen molar-refractivity contribution in [2.45, 2.75) is 12.1 Å². The molecule has 0 unspecified atom stereocenters. The standard InChI is InChI=1S/C22H17Cl2N5OS/c1-14-4-2-3-5-19(14)29-21(15-8-10-25-11-9-15)27-28-22(29)31-13-20(30)26-16-6-7-17(23)18(24)12-16/h2-12H,13H2,1H3,(H,26,30). The molecule has 2 aromatic heterocycles. The van der Waals surface area contributed by atoms with Gasteiger partial charge in [0.15, 0.2) is 11.0 Å². The maximum absolute atomic E-state index is 12.5. The number of thioether (sulfide) groups is 1. The highest BCUT2D eigenvalue weighted by Crippen LogP contribution is 2.30. The molecule has 0 bridgehead atoms. The van der Waals surface area contributed by atoms with Crippen LogP contribution in [0.15, 0.2) is 72.1 Å². The Kier molecular flexibility index (Phi) is 6.56. The number of rotatable bonds is 6. The zero-order valence-electron chi connectivity index (χ0n) is 16.4. The van der Waals surface area contributed by atoms with Crippen molar-refractivity contribution in [3.05, 3.63) is 82.6 Å². The number of aromatic nitrogens is 4. The van der Waals surface area contributed by atoms with Gasteiger partial charge in [-0.05, 0) is 48.9 Å². The second-order valence-electron chi connectivity index (χ2n) is 6.63. The molecule has 9 heteroatoms. The topological polar surface area (TPSA) is 72.7 Å². The number of pyridine rings is 1. The molecule has 2 heterocycles. The highest BCUT2D eigenvalue weighted by Gasteiger charge is 2.18. The summed E-state index contributed by atoms with van der Waals surface area (Å²) in [5.74, 6) is 0.651. The van der Waals surface area contributed by atoms with Gasteiger partial charge in [0.1, 0.15) is 0 Å². The van der Waals surface area contributed by atoms with Crippen LogP contribution in [-0.2, 0) is 4.79 Å². The minimum absolute atomic E-state index is 0.153. The van der Waals surface area contributed by atoms with Gasteiger partial charge in [-0.2, -0.15) is 0 Å². The van der Waals surface area contributed by atoms with Crippen LogP contribution in [0.5, 0.6) is 0 Å². The molecule has 0 fully saturated rings. The summed E-state index contributed by atoms with van der Waals surface area (Å²) in [5, 5.41) is 13.0. The Morgan fingerprint density at radius 1 is 1.03 bits per heavy atom. The van der Waals surface area contributed by atoms with Gasteiger partial charge in [-0.25, -0.2) is 0 Å². The second-order valence-corrected chi connectivity index (χ2v) is 8.39. The van der Waals surface area contributed by atoms with Gasteiger partial charge in [-0.15, -0.1) is 10.2 Å². The molecule has 0 radical (unpaired) electrons. The Hall–Kier alpha value is -2.87. The summed E-state index contributed by atoms with van der Waals surface area (Å²) >= 11 is 13.3. The van der Waals surface area contributed by atoms with Crippen molar-refractivity contribution in [2.75, 3.05) is 11.1 Å². The number of nitrogens with zero attached hydrogens (tertiary/aromatic N) is 4. The molecule has 0 saturated carbocycles. The highest BCUT2D eigenvalue weighted by molar-refractivity contribution is 7.99. The van der Waals surface area contributed by atoms with E-state index < -0.39 is 0 Å². The summed E-state index contributed by atoms with van der Waals surface area (Å²) < 4.78 is 1.96. The molecule has 6 nitrogen and oxygen atoms in total. The molecule has 0 atom stereocenters. The van der Waals surface area contributed by atoms with E-state index >= 15 is 0 Å². The van der Waals surface area contributed by atoms with Crippen molar-refractivity contribution in [3.63, 3.8) is 0 Å². The number of carbonyl (C=O) groups is 1. The number of carbonyl (C=O) groups excluding carboxylic acids is 1. The highest BCUT2D eigenvalue weighted by atomic mass is 35.5. The maximum Gasteiger partial charge on any atom is 0.234 e. The fourth-order valence-electron chi connectivity index (χ4n) is 2.98. The van der Waals surface area contributed by atoms with E-state index in [0.717, 1.165) is 16.8 Å². The molecular weight excluding hydrogens is 453 g/mol. The lowest BCUT2D eigenvalue weighted by Crippen LogP contribution is -2.14. The minimum atomic E-state index is -0.187. The van der Waals surface area contributed by atoms with Gasteiger partial charge >= 0.3 is 0 Å². The van der Waals surface area contributed by atoms with Gasteiger partial charge in [0.2, 0.25) is 5.91 Å². The van der Waals surface area contributed by atoms with Crippen molar-refractivity contribution in [2.24, 2.45) is 0 Å². The number of hydrogen-bond acceptors (Lipinski definition) is 5. The predicted molar refractivity (Wildman–Crippen MR) is 125 cm³/mol. The van der Waals surface area contributed by atoms with Crippen molar-refractivity contribution in [1.82, 2.24) is 19.7 Å². The molecule has 1 amide bonds. The first-order valence-corrected chi connectivity index (χ1v) is 11.1. The van der Waals surface area contributed by atoms with Crippen molar-refractivity contribution >= 4 is 46.6 Å². The first-order chi connectivity index (χ1) is 15.0. The van der Waals surface area contributed by atoms with Crippen molar-refractivity contribution in [1.29, 1.82) is 0 Å². The van der Waals surface area contributed by atoms with Crippen LogP contribution in [0.1, 0.15) is 5.56 Å². The van der Waals surface area contributed by atoms with E-state index in [2.05, 4.69) is 20.5 Å². The molecule has 4 aromatic rings. The van der Waals surface area contributed by atoms with Gasteiger partial charge in [-0.1, -0.05) is 53.2 Å². The Labute approximate surface area is 193 Å². The minimum Gasteiger partial charge on any atom is -0.325 e. The molecule has 31 heavy (non-hydrogen) atoms. The molecule has 2 aromatic carbocycles. The van der Waals surface area contributed by atoms with Gasteiger partial charge in [0, 0.05) is 23.6 Å². The predicted octanol–water partition coefficient (Wildman–Crippen LogP) is 5.68. The van der Waals surface area contributed by atoms with Crippen molar-refractivity contribution < 1.29 is 4.79 Å². The Balaban J connectivity index is 1.59. The van der Waals surface area contributed by atoms with Crippen LogP contribution in [0, 0.1) is 6.92 Å². The number of hydrogen-bond donors (Lipinski definition) is 1. The summed E-state index contributed by atoms with van der Waals surface area (Å²) in [6.07, 6.45) is 3.42. The number of halogens is 2. The number of anilines is 1. The summed E-state index contributed by atoms with van der Waals surface area (Å²) in [5.41, 5.74) is 3.49. The molecule has 0 aliphatic rings. The molecule has 0 aliphatic carbocycles. The van der Waals surface area contributed by atoms with E-state index in [1.807, 2.05) is 47.9 Å². The smallest absolute Gasteiger partial charge is 0.234 e. The van der Waals surface area contributed by atoms with E-state index in [-0.39, 0.29) is 11.7 Å². The Morgan fingerprint density at radius 3 is 2.55 bits per heavy atom. The molecule has 4 rings (SSSR count). The molecule has 0 saturated heterocycles. The fourth-order valence-corrected chi connectivity index (χ4v) is 4.03. The fraction of sp³-hybridized carbons (Fsp3) is 0.0909. The summed E-state index contributed by atoms with van der Waals surface area (Å²) in [7, 11) is 0. The lowest BCUT2D eigenvalue weighted by molar-refractivity contribution is -0.113. The van der Waals surface area contributed by atoms with Gasteiger partial charge < -0.3 is 5.32 Å². The molecule has 1 N–H and O–H groups in total. The summed E-state index contributed by atoms with van der Waals surface area (Å²) in [4.78, 5) is 16.6. The van der Waals surface area contributed by atoms with Gasteiger partial charge in [0.25, 0.3) is 0 Å². The van der Waals surface area contributed by atoms with E-state index in [9.17, 15) is 4.79 Å². The number of nitrogens with one attached hydrogen (secondary N) is 1. The zero-order chi connectivity index (χ0) is 21.8. The number of amides is 1. The number of aryl methyl sites for hydroxylation is 1. The van der Waals surface area contributed by atoms with Crippen LogP contribution in [0.2, 0.25) is 10.0 Å². The van der Waals surface area contributed by atoms with E-state index in [4.69, 9.17) is 23.2 Å². The average Bonchev–Trinajstić information content (AvgIpc) is 3.19. The zero-order valence-corrected chi connectivity index (χ0v) is 18.7. The van der Waals surface area contributed by atoms with Crippen LogP contribution in [-0.4, -0.2) is 31.4 Å². The van der Waals surface area contributed by atoms with E-state index in [0.29, 0.717) is 26.7 Å². The number of para-hydroxylation sites is 1. The molecule has 156 valence electrons. The normalized spacial score (nSPS) is 10.8. The van der Waals surface area contributed by atoms with E-state index in [1.54, 1.807) is 30.6 Å². The number of benzene rings is 2. The third-order valence-corrected chi connectivity index (χ3v) is 6.13. The first-order valence-electron chi connectivity index (χ1n) is 9.32. The molecular formula is C22H17Cl2N5OS. The largest absolute Gasteiger partial charge is 0.325 e. The van der Waals surface area contributed by atoms with Crippen LogP contribution in [0.25, 0.3) is 17.1 Å². The lowest BCUT2D eigenvalue weighted by atomic mass is 10.2. The second kappa shape index (κ2) is 9.51. The Morgan fingerprint density at radius 2 is 1.81 bits per heavy atom. The van der Waals surface area contributed by atoms with Crippen LogP contribution in [0.3, 0.4) is 0 Å². The van der Waals surface area contributed by atoms with Crippen LogP contribution in [0.4, 0.5) is 5.69 Å². The van der Waals surface area contributed by atoms with Gasteiger partial charge in [-0.3, -0.25) is 14.3 Å². The molecule has 0 aliphatic heterocycles. The lowest BCUT2D eigenvalue weighted by Gasteiger charge is -2.13. The Bertz CT molecular complexity index is 1230. The SMILES string of the molecule is Cc1ccccc1-n1c(SCC(=O)Nc2ccc(Cl)c(Cl)c2)nnc1-c1ccncc1. The first kappa shape index (κ1) is 21.4. The monoisotopic (exact) mass is 469 g/mol. The average molecular weight is 470 g/mol. The summed E-state index contributed by atoms with van der Waals surface area (Å²) in [6, 6.07) is 16.7. The van der Waals surface area contributed by atoms with Crippen molar-refractivity contribution in [3.8, 4) is 17.1 Å². The van der Waals surface area contributed by atoms with Gasteiger partial charge in [0.05, 0.1) is 21.5 Å². The van der Waals surface area contributed by atoms with E-state index in [1.165, 1.54) is 11.8 Å². The third-order valence-electron chi connectivity index (χ3n) is 4.46. The quantitative estimate of drug-likeness (QED) is 0.368. The summed E-state index contributed by atoms with van der Waals surface area (Å²) in [6.45, 7) is 2.02. The molecule has 0 spiro atoms. The maximum atomic E-state index is 12.5. The third kappa shape index (κ3) is 4.90.